The fourth-order valence-corrected chi connectivity index (χ4v) is 3.18. The summed E-state index contributed by atoms with van der Waals surface area (Å²) >= 11 is 0. The van der Waals surface area contributed by atoms with Crippen molar-refractivity contribution < 1.29 is 9.66 Å². The predicted molar refractivity (Wildman–Crippen MR) is 103 cm³/mol. The van der Waals surface area contributed by atoms with E-state index in [2.05, 4.69) is 9.97 Å². The zero-order chi connectivity index (χ0) is 19.0. The summed E-state index contributed by atoms with van der Waals surface area (Å²) in [6.07, 6.45) is 1.37. The molecule has 0 aliphatic rings. The third-order valence-corrected chi connectivity index (χ3v) is 4.32. The van der Waals surface area contributed by atoms with Crippen molar-refractivity contribution in [3.05, 3.63) is 65.0 Å². The topological polar surface area (TPSA) is 109 Å². The van der Waals surface area contributed by atoms with E-state index in [1.54, 1.807) is 24.5 Å². The molecule has 0 aliphatic carbocycles. The maximum atomic E-state index is 11.2. The van der Waals surface area contributed by atoms with Crippen molar-refractivity contribution in [1.29, 1.82) is 0 Å². The lowest BCUT2D eigenvalue weighted by molar-refractivity contribution is -0.386. The SMILES string of the molecule is CC(Cn1cnc2c(N)nc3ccccc3c21)Oc1ccccc1[N+](=O)[O-]. The Bertz CT molecular complexity index is 1150. The summed E-state index contributed by atoms with van der Waals surface area (Å²) in [5, 5.41) is 12.1. The Morgan fingerprint density at radius 2 is 1.96 bits per heavy atom. The molecule has 8 heteroatoms. The van der Waals surface area contributed by atoms with Crippen LogP contribution in [0.2, 0.25) is 0 Å². The van der Waals surface area contributed by atoms with Crippen LogP contribution in [0.15, 0.2) is 54.9 Å². The lowest BCUT2D eigenvalue weighted by Gasteiger charge is -2.16. The maximum absolute atomic E-state index is 11.2. The first-order chi connectivity index (χ1) is 13.0. The number of nitrogens with zero attached hydrogens (tertiary/aromatic N) is 4. The molecular weight excluding hydrogens is 346 g/mol. The van der Waals surface area contributed by atoms with Crippen molar-refractivity contribution in [2.24, 2.45) is 0 Å². The lowest BCUT2D eigenvalue weighted by atomic mass is 10.2. The minimum absolute atomic E-state index is 0.0567. The fraction of sp³-hybridized carbons (Fsp3) is 0.158. The van der Waals surface area contributed by atoms with Crippen molar-refractivity contribution in [2.75, 3.05) is 5.73 Å². The molecule has 2 heterocycles. The van der Waals surface area contributed by atoms with Gasteiger partial charge in [-0.15, -0.1) is 0 Å². The van der Waals surface area contributed by atoms with E-state index in [-0.39, 0.29) is 17.5 Å². The third kappa shape index (κ3) is 3.01. The van der Waals surface area contributed by atoms with E-state index in [9.17, 15) is 10.1 Å². The zero-order valence-corrected chi connectivity index (χ0v) is 14.6. The van der Waals surface area contributed by atoms with E-state index in [4.69, 9.17) is 10.5 Å². The molecule has 0 saturated carbocycles. The van der Waals surface area contributed by atoms with Crippen LogP contribution in [-0.4, -0.2) is 25.6 Å². The van der Waals surface area contributed by atoms with Gasteiger partial charge in [-0.3, -0.25) is 10.1 Å². The summed E-state index contributed by atoms with van der Waals surface area (Å²) in [7, 11) is 0. The molecule has 2 aromatic heterocycles. The molecule has 2 aromatic carbocycles. The minimum Gasteiger partial charge on any atom is -0.482 e. The molecule has 1 unspecified atom stereocenters. The molecule has 8 nitrogen and oxygen atoms in total. The Morgan fingerprint density at radius 3 is 2.78 bits per heavy atom. The highest BCUT2D eigenvalue weighted by Crippen LogP contribution is 2.29. The molecule has 27 heavy (non-hydrogen) atoms. The molecule has 0 spiro atoms. The van der Waals surface area contributed by atoms with Gasteiger partial charge in [-0.05, 0) is 19.1 Å². The monoisotopic (exact) mass is 363 g/mol. The summed E-state index contributed by atoms with van der Waals surface area (Å²) in [5.74, 6) is 0.611. The van der Waals surface area contributed by atoms with E-state index in [0.717, 1.165) is 16.4 Å². The first-order valence-electron chi connectivity index (χ1n) is 8.43. The van der Waals surface area contributed by atoms with Crippen LogP contribution in [0.4, 0.5) is 11.5 Å². The van der Waals surface area contributed by atoms with Gasteiger partial charge in [0.1, 0.15) is 11.6 Å². The number of nitrogen functional groups attached to an aromatic ring is 1. The van der Waals surface area contributed by atoms with Gasteiger partial charge < -0.3 is 15.0 Å². The second-order valence-electron chi connectivity index (χ2n) is 6.26. The van der Waals surface area contributed by atoms with Crippen molar-refractivity contribution in [3.63, 3.8) is 0 Å². The zero-order valence-electron chi connectivity index (χ0n) is 14.6. The predicted octanol–water partition coefficient (Wildman–Crippen LogP) is 3.54. The van der Waals surface area contributed by atoms with Gasteiger partial charge in [-0.25, -0.2) is 9.97 Å². The number of hydrogen-bond acceptors (Lipinski definition) is 6. The Morgan fingerprint density at radius 1 is 1.22 bits per heavy atom. The molecule has 0 amide bonds. The van der Waals surface area contributed by atoms with Crippen LogP contribution in [0.3, 0.4) is 0 Å². The highest BCUT2D eigenvalue weighted by Gasteiger charge is 2.18. The number of aromatic nitrogens is 3. The number of hydrogen-bond donors (Lipinski definition) is 1. The number of pyridine rings is 1. The number of para-hydroxylation sites is 3. The summed E-state index contributed by atoms with van der Waals surface area (Å²) in [5.41, 5.74) is 8.28. The highest BCUT2D eigenvalue weighted by molar-refractivity contribution is 6.06. The highest BCUT2D eigenvalue weighted by atomic mass is 16.6. The smallest absolute Gasteiger partial charge is 0.310 e. The Kier molecular flexibility index (Phi) is 4.08. The van der Waals surface area contributed by atoms with Crippen molar-refractivity contribution in [2.45, 2.75) is 19.6 Å². The van der Waals surface area contributed by atoms with Crippen LogP contribution in [0.25, 0.3) is 21.9 Å². The fourth-order valence-electron chi connectivity index (χ4n) is 3.18. The van der Waals surface area contributed by atoms with E-state index >= 15 is 0 Å². The molecule has 2 N–H and O–H groups in total. The average Bonchev–Trinajstić information content (AvgIpc) is 3.06. The van der Waals surface area contributed by atoms with Gasteiger partial charge in [0.25, 0.3) is 0 Å². The number of nitro groups is 1. The number of nitrogens with two attached hydrogens (primary N) is 1. The molecule has 0 aliphatic heterocycles. The second-order valence-corrected chi connectivity index (χ2v) is 6.26. The summed E-state index contributed by atoms with van der Waals surface area (Å²) in [6, 6.07) is 14.0. The number of nitro benzene ring substituents is 1. The number of ether oxygens (including phenoxy) is 1. The van der Waals surface area contributed by atoms with E-state index in [1.807, 2.05) is 35.8 Å². The van der Waals surface area contributed by atoms with Gasteiger partial charge >= 0.3 is 5.69 Å². The molecule has 0 radical (unpaired) electrons. The van der Waals surface area contributed by atoms with E-state index in [1.165, 1.54) is 6.07 Å². The Labute approximate surface area is 154 Å². The molecule has 136 valence electrons. The van der Waals surface area contributed by atoms with Gasteiger partial charge in [-0.2, -0.15) is 0 Å². The second kappa shape index (κ2) is 6.56. The molecule has 4 aromatic rings. The van der Waals surface area contributed by atoms with Gasteiger partial charge in [0.15, 0.2) is 11.6 Å². The van der Waals surface area contributed by atoms with Crippen LogP contribution in [-0.2, 0) is 6.54 Å². The Hall–Kier alpha value is -3.68. The number of rotatable bonds is 5. The van der Waals surface area contributed by atoms with E-state index in [0.29, 0.717) is 17.9 Å². The molecule has 0 bridgehead atoms. The van der Waals surface area contributed by atoms with Gasteiger partial charge in [-0.1, -0.05) is 30.3 Å². The van der Waals surface area contributed by atoms with Gasteiger partial charge in [0.2, 0.25) is 0 Å². The molecule has 1 atom stereocenters. The molecule has 4 rings (SSSR count). The summed E-state index contributed by atoms with van der Waals surface area (Å²) in [4.78, 5) is 19.5. The van der Waals surface area contributed by atoms with Crippen molar-refractivity contribution in [1.82, 2.24) is 14.5 Å². The normalized spacial score (nSPS) is 12.3. The van der Waals surface area contributed by atoms with Crippen LogP contribution >= 0.6 is 0 Å². The largest absolute Gasteiger partial charge is 0.482 e. The van der Waals surface area contributed by atoms with E-state index < -0.39 is 4.92 Å². The summed E-state index contributed by atoms with van der Waals surface area (Å²) < 4.78 is 7.77. The molecule has 0 saturated heterocycles. The van der Waals surface area contributed by atoms with Gasteiger partial charge in [0.05, 0.1) is 28.8 Å². The van der Waals surface area contributed by atoms with Crippen molar-refractivity contribution >= 4 is 33.4 Å². The summed E-state index contributed by atoms with van der Waals surface area (Å²) in [6.45, 7) is 2.31. The molecular formula is C19H17N5O3. The first kappa shape index (κ1) is 16.8. The standard InChI is InChI=1S/C19H17N5O3/c1-12(27-16-9-5-4-8-15(16)24(25)26)10-23-11-21-17-18(23)13-6-2-3-7-14(13)22-19(17)20/h2-9,11-12H,10H2,1H3,(H2,20,22). The molecule has 0 fully saturated rings. The maximum Gasteiger partial charge on any atom is 0.310 e. The van der Waals surface area contributed by atoms with Crippen LogP contribution in [0.1, 0.15) is 6.92 Å². The minimum atomic E-state index is -0.450. The number of fused-ring (bicyclic) bond motifs is 3. The van der Waals surface area contributed by atoms with Crippen LogP contribution < -0.4 is 10.5 Å². The Balaban J connectivity index is 1.69. The average molecular weight is 363 g/mol. The lowest BCUT2D eigenvalue weighted by Crippen LogP contribution is -2.19. The van der Waals surface area contributed by atoms with Crippen LogP contribution in [0.5, 0.6) is 5.75 Å². The number of benzene rings is 2. The van der Waals surface area contributed by atoms with Gasteiger partial charge in [0, 0.05) is 11.5 Å². The number of anilines is 1. The van der Waals surface area contributed by atoms with Crippen LogP contribution in [0, 0.1) is 10.1 Å². The first-order valence-corrected chi connectivity index (χ1v) is 8.43. The van der Waals surface area contributed by atoms with Crippen molar-refractivity contribution in [3.8, 4) is 5.75 Å². The number of imidazole rings is 1. The quantitative estimate of drug-likeness (QED) is 0.429. The third-order valence-electron chi connectivity index (χ3n) is 4.32.